The summed E-state index contributed by atoms with van der Waals surface area (Å²) in [5, 5.41) is 4.63. The molecule has 0 bridgehead atoms. The van der Waals surface area contributed by atoms with Crippen LogP contribution in [0.25, 0.3) is 66.1 Å². The predicted octanol–water partition coefficient (Wildman–Crippen LogP) is 14.2. The van der Waals surface area contributed by atoms with Crippen molar-refractivity contribution in [2.75, 3.05) is 4.90 Å². The van der Waals surface area contributed by atoms with Crippen molar-refractivity contribution >= 4 is 49.8 Å². The summed E-state index contributed by atoms with van der Waals surface area (Å²) in [6.07, 6.45) is 0. The summed E-state index contributed by atoms with van der Waals surface area (Å²) in [6.45, 7) is 0. The van der Waals surface area contributed by atoms with Crippen LogP contribution >= 0.6 is 0 Å². The average Bonchev–Trinajstić information content (AvgIpc) is 3.88. The van der Waals surface area contributed by atoms with Gasteiger partial charge in [-0.3, -0.25) is 0 Å². The van der Waals surface area contributed by atoms with Crippen molar-refractivity contribution in [1.82, 2.24) is 0 Å². The molecule has 0 radical (unpaired) electrons. The maximum Gasteiger partial charge on any atom is 0.138 e. The molecule has 55 heavy (non-hydrogen) atoms. The van der Waals surface area contributed by atoms with E-state index in [9.17, 15) is 0 Å². The maximum atomic E-state index is 6.64. The fourth-order valence-electron chi connectivity index (χ4n) is 9.84. The lowest BCUT2D eigenvalue weighted by molar-refractivity contribution is 0.669. The van der Waals surface area contributed by atoms with Crippen molar-refractivity contribution in [3.05, 3.63) is 222 Å². The van der Waals surface area contributed by atoms with Crippen molar-refractivity contribution in [2.45, 2.75) is 5.41 Å². The van der Waals surface area contributed by atoms with Crippen LogP contribution in [0.3, 0.4) is 0 Å². The predicted molar refractivity (Wildman–Crippen MR) is 228 cm³/mol. The van der Waals surface area contributed by atoms with E-state index in [0.717, 1.165) is 39.0 Å². The Labute approximate surface area is 319 Å². The molecule has 1 spiro atoms. The molecule has 10 aromatic rings. The molecule has 0 saturated carbocycles. The SMILES string of the molecule is c1ccc(-c2ccc(N(c3ccc4c(c3)C3(c5ccccc5-c5ccccc53)c3ccccc3-4)c3cc4oc5ccccc5c4c4ccccc34)cc2)cc1. The van der Waals surface area contributed by atoms with Crippen LogP contribution in [0.2, 0.25) is 0 Å². The fourth-order valence-corrected chi connectivity index (χ4v) is 9.84. The zero-order valence-corrected chi connectivity index (χ0v) is 29.9. The van der Waals surface area contributed by atoms with Crippen LogP contribution in [0.15, 0.2) is 205 Å². The van der Waals surface area contributed by atoms with Gasteiger partial charge >= 0.3 is 0 Å². The number of fused-ring (bicyclic) bond motifs is 15. The van der Waals surface area contributed by atoms with Crippen molar-refractivity contribution in [2.24, 2.45) is 0 Å². The van der Waals surface area contributed by atoms with E-state index in [1.165, 1.54) is 66.4 Å². The monoisotopic (exact) mass is 699 g/mol. The molecule has 2 aliphatic carbocycles. The molecule has 1 aromatic heterocycles. The number of hydrogen-bond donors (Lipinski definition) is 0. The van der Waals surface area contributed by atoms with Crippen LogP contribution in [-0.4, -0.2) is 0 Å². The highest BCUT2D eigenvalue weighted by Gasteiger charge is 2.51. The van der Waals surface area contributed by atoms with Gasteiger partial charge in [-0.1, -0.05) is 164 Å². The van der Waals surface area contributed by atoms with E-state index in [2.05, 4.69) is 199 Å². The molecule has 12 rings (SSSR count). The van der Waals surface area contributed by atoms with Crippen LogP contribution in [0, 0.1) is 0 Å². The van der Waals surface area contributed by atoms with Gasteiger partial charge in [0.15, 0.2) is 0 Å². The summed E-state index contributed by atoms with van der Waals surface area (Å²) in [7, 11) is 0. The standard InChI is InChI=1S/C53H33NO/c1-2-14-34(15-3-1)35-26-28-36(29-27-35)54(49-33-51-52(43-20-5-4-19-42(43)49)44-21-9-13-25-50(44)55-51)37-30-31-41-40-18-8-12-24-47(40)53(48(41)32-37)45-22-10-6-16-38(45)39-17-7-11-23-46(39)53/h1-33H. The van der Waals surface area contributed by atoms with E-state index < -0.39 is 5.41 Å². The second kappa shape index (κ2) is 11.4. The molecule has 2 aliphatic rings. The van der Waals surface area contributed by atoms with Gasteiger partial charge in [0.05, 0.1) is 11.1 Å². The van der Waals surface area contributed by atoms with E-state index in [0.29, 0.717) is 0 Å². The number of para-hydroxylation sites is 1. The minimum atomic E-state index is -0.442. The third kappa shape index (κ3) is 4.14. The van der Waals surface area contributed by atoms with Crippen molar-refractivity contribution in [3.63, 3.8) is 0 Å². The molecule has 2 heteroatoms. The Bertz CT molecular complexity index is 3090. The Hall–Kier alpha value is -7.16. The smallest absolute Gasteiger partial charge is 0.138 e. The summed E-state index contributed by atoms with van der Waals surface area (Å²) in [6, 6.07) is 73.2. The van der Waals surface area contributed by atoms with E-state index in [-0.39, 0.29) is 0 Å². The zero-order valence-electron chi connectivity index (χ0n) is 29.9. The molecular weight excluding hydrogens is 667 g/mol. The lowest BCUT2D eigenvalue weighted by Crippen LogP contribution is -2.26. The van der Waals surface area contributed by atoms with Crippen LogP contribution in [0.4, 0.5) is 17.1 Å². The minimum absolute atomic E-state index is 0.442. The van der Waals surface area contributed by atoms with Gasteiger partial charge in [0.25, 0.3) is 0 Å². The zero-order chi connectivity index (χ0) is 36.1. The van der Waals surface area contributed by atoms with Crippen molar-refractivity contribution < 1.29 is 4.42 Å². The summed E-state index contributed by atoms with van der Waals surface area (Å²) >= 11 is 0. The third-order valence-corrected chi connectivity index (χ3v) is 12.1. The second-order valence-electron chi connectivity index (χ2n) is 14.8. The Balaban J connectivity index is 1.15. The highest BCUT2D eigenvalue weighted by atomic mass is 16.3. The van der Waals surface area contributed by atoms with E-state index in [4.69, 9.17) is 4.42 Å². The molecule has 0 aliphatic heterocycles. The summed E-state index contributed by atoms with van der Waals surface area (Å²) in [5.41, 5.74) is 17.5. The summed E-state index contributed by atoms with van der Waals surface area (Å²) < 4.78 is 6.64. The Morgan fingerprint density at radius 3 is 1.53 bits per heavy atom. The molecule has 9 aromatic carbocycles. The summed E-state index contributed by atoms with van der Waals surface area (Å²) in [5.74, 6) is 0. The largest absolute Gasteiger partial charge is 0.456 e. The van der Waals surface area contributed by atoms with Gasteiger partial charge in [0.1, 0.15) is 11.2 Å². The first-order valence-corrected chi connectivity index (χ1v) is 19.0. The number of rotatable bonds is 4. The normalized spacial score (nSPS) is 13.2. The molecule has 1 heterocycles. The van der Waals surface area contributed by atoms with Gasteiger partial charge in [-0.25, -0.2) is 0 Å². The highest BCUT2D eigenvalue weighted by Crippen LogP contribution is 2.63. The van der Waals surface area contributed by atoms with Gasteiger partial charge in [-0.2, -0.15) is 0 Å². The van der Waals surface area contributed by atoms with Crippen LogP contribution in [-0.2, 0) is 5.41 Å². The molecule has 0 amide bonds. The molecule has 0 saturated heterocycles. The first kappa shape index (κ1) is 30.3. The molecule has 0 fully saturated rings. The van der Waals surface area contributed by atoms with Gasteiger partial charge in [0.2, 0.25) is 0 Å². The maximum absolute atomic E-state index is 6.64. The van der Waals surface area contributed by atoms with Gasteiger partial charge in [-0.05, 0) is 91.4 Å². The van der Waals surface area contributed by atoms with Crippen LogP contribution < -0.4 is 4.90 Å². The molecule has 0 N–H and O–H groups in total. The lowest BCUT2D eigenvalue weighted by Gasteiger charge is -2.32. The molecule has 256 valence electrons. The van der Waals surface area contributed by atoms with Gasteiger partial charge in [-0.15, -0.1) is 0 Å². The first-order chi connectivity index (χ1) is 27.3. The lowest BCUT2D eigenvalue weighted by atomic mass is 9.70. The molecule has 0 atom stereocenters. The van der Waals surface area contributed by atoms with Crippen LogP contribution in [0.5, 0.6) is 0 Å². The minimum Gasteiger partial charge on any atom is -0.456 e. The topological polar surface area (TPSA) is 16.4 Å². The van der Waals surface area contributed by atoms with Gasteiger partial charge in [0, 0.05) is 33.6 Å². The molecule has 2 nitrogen and oxygen atoms in total. The van der Waals surface area contributed by atoms with Gasteiger partial charge < -0.3 is 9.32 Å². The van der Waals surface area contributed by atoms with E-state index in [1.54, 1.807) is 0 Å². The fraction of sp³-hybridized carbons (Fsp3) is 0.0189. The number of benzene rings is 9. The number of anilines is 3. The van der Waals surface area contributed by atoms with E-state index in [1.807, 2.05) is 6.07 Å². The highest BCUT2D eigenvalue weighted by molar-refractivity contribution is 6.22. The Kier molecular flexibility index (Phi) is 6.29. The first-order valence-electron chi connectivity index (χ1n) is 19.0. The Morgan fingerprint density at radius 1 is 0.345 bits per heavy atom. The van der Waals surface area contributed by atoms with Crippen LogP contribution in [0.1, 0.15) is 22.3 Å². The van der Waals surface area contributed by atoms with E-state index >= 15 is 0 Å². The second-order valence-corrected chi connectivity index (χ2v) is 14.8. The van der Waals surface area contributed by atoms with Crippen molar-refractivity contribution in [1.29, 1.82) is 0 Å². The number of hydrogen-bond acceptors (Lipinski definition) is 2. The average molecular weight is 700 g/mol. The molecule has 0 unspecified atom stereocenters. The summed E-state index contributed by atoms with van der Waals surface area (Å²) in [4.78, 5) is 2.44. The van der Waals surface area contributed by atoms with Crippen molar-refractivity contribution in [3.8, 4) is 33.4 Å². The Morgan fingerprint density at radius 2 is 0.855 bits per heavy atom. The number of nitrogens with zero attached hydrogens (tertiary/aromatic N) is 1. The number of furan rings is 1. The molecular formula is C53H33NO. The quantitative estimate of drug-likeness (QED) is 0.182. The third-order valence-electron chi connectivity index (χ3n) is 12.1.